The average molecular weight is 338 g/mol. The van der Waals surface area contributed by atoms with E-state index in [0.29, 0.717) is 16.9 Å². The van der Waals surface area contributed by atoms with Crippen LogP contribution in [0.2, 0.25) is 0 Å². The molecule has 1 aromatic carbocycles. The Morgan fingerprint density at radius 1 is 0.960 bits per heavy atom. The van der Waals surface area contributed by atoms with Gasteiger partial charge in [-0.05, 0) is 37.8 Å². The monoisotopic (exact) mass is 338 g/mol. The predicted molar refractivity (Wildman–Crippen MR) is 90.5 cm³/mol. The molecule has 1 aromatic heterocycles. The lowest BCUT2D eigenvalue weighted by atomic mass is 10.1. The van der Waals surface area contributed by atoms with Gasteiger partial charge in [-0.1, -0.05) is 18.2 Å². The highest BCUT2D eigenvalue weighted by Crippen LogP contribution is 2.40. The molecule has 0 unspecified atom stereocenters. The Morgan fingerprint density at radius 2 is 1.72 bits per heavy atom. The molecule has 128 valence electrons. The van der Waals surface area contributed by atoms with Crippen LogP contribution in [0.4, 0.5) is 0 Å². The molecule has 2 saturated carbocycles. The van der Waals surface area contributed by atoms with Crippen molar-refractivity contribution in [3.05, 3.63) is 41.6 Å². The lowest BCUT2D eigenvalue weighted by Crippen LogP contribution is -2.49. The van der Waals surface area contributed by atoms with Crippen molar-refractivity contribution in [2.24, 2.45) is 0 Å². The van der Waals surface area contributed by atoms with E-state index in [0.717, 1.165) is 36.9 Å². The molecule has 2 aromatic rings. The summed E-state index contributed by atoms with van der Waals surface area (Å²) in [4.78, 5) is 40.5. The first kappa shape index (κ1) is 15.6. The smallest absolute Gasteiger partial charge is 0.327 e. The molecule has 7 nitrogen and oxygen atoms in total. The average Bonchev–Trinajstić information content (AvgIpc) is 3.52. The van der Waals surface area contributed by atoms with Gasteiger partial charge in [-0.25, -0.2) is 0 Å². The number of hydrogen-bond acceptors (Lipinski definition) is 4. The highest BCUT2D eigenvalue weighted by atomic mass is 16.2. The number of amides is 3. The third kappa shape index (κ3) is 3.45. The van der Waals surface area contributed by atoms with Crippen molar-refractivity contribution in [3.63, 3.8) is 0 Å². The van der Waals surface area contributed by atoms with Gasteiger partial charge in [0, 0.05) is 23.0 Å². The SMILES string of the molecule is O=C(NNC(=O)c1cc(C2CC2)nc2ccccc12)C(=O)NC1CC1. The number of fused-ring (bicyclic) bond motifs is 1. The fraction of sp³-hybridized carbons (Fsp3) is 0.333. The topological polar surface area (TPSA) is 100 Å². The number of nitrogens with one attached hydrogen (secondary N) is 3. The van der Waals surface area contributed by atoms with Crippen LogP contribution in [0.1, 0.15) is 47.7 Å². The van der Waals surface area contributed by atoms with Crippen molar-refractivity contribution in [2.45, 2.75) is 37.6 Å². The highest BCUT2D eigenvalue weighted by molar-refractivity contribution is 6.35. The first-order valence-corrected chi connectivity index (χ1v) is 8.42. The number of carbonyl (C=O) groups is 3. The number of hydrogen-bond donors (Lipinski definition) is 3. The van der Waals surface area contributed by atoms with Gasteiger partial charge in [0.2, 0.25) is 0 Å². The Bertz CT molecular complexity index is 872. The van der Waals surface area contributed by atoms with Crippen LogP contribution in [-0.2, 0) is 9.59 Å². The summed E-state index contributed by atoms with van der Waals surface area (Å²) in [5.41, 5.74) is 6.57. The molecule has 2 fully saturated rings. The quantitative estimate of drug-likeness (QED) is 0.577. The lowest BCUT2D eigenvalue weighted by Gasteiger charge is -2.11. The van der Waals surface area contributed by atoms with Crippen LogP contribution in [0.25, 0.3) is 10.9 Å². The second-order valence-corrected chi connectivity index (χ2v) is 6.54. The predicted octanol–water partition coefficient (Wildman–Crippen LogP) is 1.15. The Balaban J connectivity index is 1.50. The van der Waals surface area contributed by atoms with E-state index in [-0.39, 0.29) is 6.04 Å². The van der Waals surface area contributed by atoms with Crippen molar-refractivity contribution >= 4 is 28.6 Å². The molecule has 0 aliphatic heterocycles. The Kier molecular flexibility index (Phi) is 3.83. The van der Waals surface area contributed by atoms with E-state index in [4.69, 9.17) is 0 Å². The Morgan fingerprint density at radius 3 is 2.44 bits per heavy atom. The summed E-state index contributed by atoms with van der Waals surface area (Å²) < 4.78 is 0. The number of hydrazine groups is 1. The Hall–Kier alpha value is -2.96. The molecule has 2 aliphatic carbocycles. The lowest BCUT2D eigenvalue weighted by molar-refractivity contribution is -0.139. The number of pyridine rings is 1. The van der Waals surface area contributed by atoms with Gasteiger partial charge in [-0.15, -0.1) is 0 Å². The number of aromatic nitrogens is 1. The van der Waals surface area contributed by atoms with E-state index >= 15 is 0 Å². The zero-order chi connectivity index (χ0) is 17.4. The molecule has 0 bridgehead atoms. The van der Waals surface area contributed by atoms with Gasteiger partial charge < -0.3 is 5.32 Å². The van der Waals surface area contributed by atoms with Crippen LogP contribution in [0.3, 0.4) is 0 Å². The third-order valence-electron chi connectivity index (χ3n) is 4.38. The molecule has 0 radical (unpaired) electrons. The summed E-state index contributed by atoms with van der Waals surface area (Å²) in [6.07, 6.45) is 3.92. The fourth-order valence-corrected chi connectivity index (χ4v) is 2.69. The van der Waals surface area contributed by atoms with E-state index in [1.54, 1.807) is 6.07 Å². The van der Waals surface area contributed by atoms with Gasteiger partial charge in [0.1, 0.15) is 0 Å². The summed E-state index contributed by atoms with van der Waals surface area (Å²) in [6.45, 7) is 0. The maximum Gasteiger partial charge on any atom is 0.327 e. The number of para-hydroxylation sites is 1. The third-order valence-corrected chi connectivity index (χ3v) is 4.38. The number of nitrogens with zero attached hydrogens (tertiary/aromatic N) is 1. The minimum Gasteiger partial charge on any atom is -0.345 e. The second kappa shape index (κ2) is 6.16. The number of carbonyl (C=O) groups excluding carboxylic acids is 3. The van der Waals surface area contributed by atoms with Crippen LogP contribution in [0.15, 0.2) is 30.3 Å². The molecule has 25 heavy (non-hydrogen) atoms. The molecular formula is C18H18N4O3. The summed E-state index contributed by atoms with van der Waals surface area (Å²) in [7, 11) is 0. The van der Waals surface area contributed by atoms with Gasteiger partial charge in [-0.3, -0.25) is 30.2 Å². The summed E-state index contributed by atoms with van der Waals surface area (Å²) in [6, 6.07) is 9.23. The van der Waals surface area contributed by atoms with Crippen LogP contribution in [0.5, 0.6) is 0 Å². The van der Waals surface area contributed by atoms with Gasteiger partial charge in [0.15, 0.2) is 0 Å². The van der Waals surface area contributed by atoms with E-state index in [1.165, 1.54) is 0 Å². The molecule has 3 amide bonds. The van der Waals surface area contributed by atoms with Crippen molar-refractivity contribution in [3.8, 4) is 0 Å². The van der Waals surface area contributed by atoms with E-state index in [9.17, 15) is 14.4 Å². The molecule has 4 rings (SSSR count). The number of rotatable bonds is 3. The second-order valence-electron chi connectivity index (χ2n) is 6.54. The Labute approximate surface area is 144 Å². The molecule has 1 heterocycles. The van der Waals surface area contributed by atoms with Crippen molar-refractivity contribution in [1.82, 2.24) is 21.2 Å². The van der Waals surface area contributed by atoms with E-state index < -0.39 is 17.7 Å². The summed E-state index contributed by atoms with van der Waals surface area (Å²) in [5, 5.41) is 3.28. The largest absolute Gasteiger partial charge is 0.345 e. The normalized spacial score (nSPS) is 16.3. The van der Waals surface area contributed by atoms with Crippen molar-refractivity contribution in [2.75, 3.05) is 0 Å². The molecule has 2 aliphatic rings. The van der Waals surface area contributed by atoms with E-state index in [2.05, 4.69) is 21.2 Å². The zero-order valence-electron chi connectivity index (χ0n) is 13.5. The van der Waals surface area contributed by atoms with Crippen LogP contribution in [0, 0.1) is 0 Å². The maximum absolute atomic E-state index is 12.5. The van der Waals surface area contributed by atoms with Crippen LogP contribution >= 0.6 is 0 Å². The standard InChI is InChI=1S/C18H18N4O3/c23-16(21-22-18(25)17(24)19-11-7-8-11)13-9-15(10-5-6-10)20-14-4-2-1-3-12(13)14/h1-4,9-11H,5-8H2,(H,19,24)(H,21,23)(H,22,25). The molecular weight excluding hydrogens is 320 g/mol. The van der Waals surface area contributed by atoms with Crippen LogP contribution < -0.4 is 16.2 Å². The maximum atomic E-state index is 12.5. The van der Waals surface area contributed by atoms with Crippen LogP contribution in [-0.4, -0.2) is 28.7 Å². The minimum atomic E-state index is -0.874. The zero-order valence-corrected chi connectivity index (χ0v) is 13.5. The van der Waals surface area contributed by atoms with Crippen molar-refractivity contribution in [1.29, 1.82) is 0 Å². The van der Waals surface area contributed by atoms with Crippen molar-refractivity contribution < 1.29 is 14.4 Å². The summed E-state index contributed by atoms with van der Waals surface area (Å²) in [5.74, 6) is -1.68. The van der Waals surface area contributed by atoms with Gasteiger partial charge in [0.05, 0.1) is 11.1 Å². The summed E-state index contributed by atoms with van der Waals surface area (Å²) >= 11 is 0. The van der Waals surface area contributed by atoms with Gasteiger partial charge in [-0.2, -0.15) is 0 Å². The van der Waals surface area contributed by atoms with Gasteiger partial charge >= 0.3 is 11.8 Å². The molecule has 0 atom stereocenters. The molecule has 3 N–H and O–H groups in total. The number of benzene rings is 1. The van der Waals surface area contributed by atoms with Gasteiger partial charge in [0.25, 0.3) is 5.91 Å². The molecule has 7 heteroatoms. The fourth-order valence-electron chi connectivity index (χ4n) is 2.69. The minimum absolute atomic E-state index is 0.0826. The molecule has 0 spiro atoms. The highest BCUT2D eigenvalue weighted by Gasteiger charge is 2.28. The molecule has 0 saturated heterocycles. The first-order chi connectivity index (χ1) is 12.1. The first-order valence-electron chi connectivity index (χ1n) is 8.42. The van der Waals surface area contributed by atoms with E-state index in [1.807, 2.05) is 24.3 Å².